The highest BCUT2D eigenvalue weighted by Crippen LogP contribution is 2.01. The van der Waals surface area contributed by atoms with E-state index in [9.17, 15) is 14.9 Å². The van der Waals surface area contributed by atoms with E-state index >= 15 is 0 Å². The van der Waals surface area contributed by atoms with Crippen LogP contribution in [0, 0.1) is 10.1 Å². The zero-order valence-electron chi connectivity index (χ0n) is 9.38. The highest BCUT2D eigenvalue weighted by molar-refractivity contribution is 5.69. The molecule has 18 heavy (non-hydrogen) atoms. The lowest BCUT2D eigenvalue weighted by molar-refractivity contribution is -0.480. The third-order valence-electron chi connectivity index (χ3n) is 1.72. The molecular weight excluding hydrogens is 246 g/mol. The summed E-state index contributed by atoms with van der Waals surface area (Å²) in [4.78, 5) is 25.7. The number of rotatable bonds is 9. The second-order valence-corrected chi connectivity index (χ2v) is 3.10. The Bertz CT molecular complexity index is 365. The van der Waals surface area contributed by atoms with Crippen molar-refractivity contribution in [2.75, 3.05) is 19.6 Å². The van der Waals surface area contributed by atoms with Crippen molar-refractivity contribution < 1.29 is 14.5 Å². The van der Waals surface area contributed by atoms with Crippen LogP contribution in [-0.2, 0) is 9.53 Å². The summed E-state index contributed by atoms with van der Waals surface area (Å²) < 4.78 is 4.85. The first-order valence-corrected chi connectivity index (χ1v) is 4.93. The summed E-state index contributed by atoms with van der Waals surface area (Å²) in [6.45, 7) is -0.639. The summed E-state index contributed by atoms with van der Waals surface area (Å²) in [5, 5.41) is 16.4. The van der Waals surface area contributed by atoms with Crippen LogP contribution in [0.4, 0.5) is 0 Å². The third kappa shape index (κ3) is 8.77. The number of ether oxygens (including phenoxy) is 1. The Morgan fingerprint density at radius 1 is 1.33 bits per heavy atom. The van der Waals surface area contributed by atoms with E-state index in [0.29, 0.717) is 0 Å². The van der Waals surface area contributed by atoms with Crippen LogP contribution in [0.15, 0.2) is 10.2 Å². The standard InChI is InChI=1S/C7H11N7O4/c8-12-10-4-6(5-11-13-9)18-7(15)2-1-3-14(16)17/h6H,1-5H2. The lowest BCUT2D eigenvalue weighted by atomic mass is 10.3. The van der Waals surface area contributed by atoms with E-state index in [4.69, 9.17) is 15.8 Å². The van der Waals surface area contributed by atoms with Gasteiger partial charge in [-0.25, -0.2) is 0 Å². The van der Waals surface area contributed by atoms with Crippen molar-refractivity contribution in [2.24, 2.45) is 10.2 Å². The molecule has 0 fully saturated rings. The fourth-order valence-electron chi connectivity index (χ4n) is 0.985. The van der Waals surface area contributed by atoms with E-state index in [2.05, 4.69) is 20.1 Å². The van der Waals surface area contributed by atoms with Gasteiger partial charge >= 0.3 is 5.97 Å². The molecule has 0 unspecified atom stereocenters. The Balaban J connectivity index is 4.11. The SMILES string of the molecule is [N-]=[N+]=NCC(CN=[N+]=[N-])OC(=O)CCC[N+](=O)[O-]. The van der Waals surface area contributed by atoms with Crippen LogP contribution >= 0.6 is 0 Å². The van der Waals surface area contributed by atoms with Crippen molar-refractivity contribution in [2.45, 2.75) is 18.9 Å². The number of hydrogen-bond acceptors (Lipinski definition) is 6. The molecule has 0 amide bonds. The first-order chi connectivity index (χ1) is 8.60. The van der Waals surface area contributed by atoms with E-state index in [1.165, 1.54) is 0 Å². The van der Waals surface area contributed by atoms with Gasteiger partial charge in [0.1, 0.15) is 6.10 Å². The van der Waals surface area contributed by atoms with Crippen LogP contribution in [0.1, 0.15) is 12.8 Å². The summed E-state index contributed by atoms with van der Waals surface area (Å²) >= 11 is 0. The van der Waals surface area contributed by atoms with Gasteiger partial charge in [-0.1, -0.05) is 10.2 Å². The lowest BCUT2D eigenvalue weighted by Crippen LogP contribution is -2.24. The molecule has 0 saturated heterocycles. The number of esters is 1. The summed E-state index contributed by atoms with van der Waals surface area (Å²) in [6, 6.07) is 0. The fourth-order valence-corrected chi connectivity index (χ4v) is 0.985. The molecule has 0 aliphatic heterocycles. The molecule has 0 heterocycles. The maximum atomic E-state index is 11.2. The quantitative estimate of drug-likeness (QED) is 0.153. The van der Waals surface area contributed by atoms with Crippen molar-refractivity contribution in [1.29, 1.82) is 0 Å². The third-order valence-corrected chi connectivity index (χ3v) is 1.72. The molecule has 0 aliphatic rings. The zero-order chi connectivity index (χ0) is 13.8. The number of hydrogen-bond donors (Lipinski definition) is 0. The van der Waals surface area contributed by atoms with E-state index in [1.54, 1.807) is 0 Å². The van der Waals surface area contributed by atoms with Gasteiger partial charge in [0.25, 0.3) is 0 Å². The summed E-state index contributed by atoms with van der Waals surface area (Å²) in [5.74, 6) is -0.664. The molecule has 0 rings (SSSR count). The van der Waals surface area contributed by atoms with E-state index in [0.717, 1.165) is 0 Å². The van der Waals surface area contributed by atoms with Gasteiger partial charge in [0.05, 0.1) is 19.5 Å². The number of nitrogens with zero attached hydrogens (tertiary/aromatic N) is 7. The normalized spacial score (nSPS) is 10.7. The number of nitro groups is 1. The molecule has 0 aliphatic carbocycles. The van der Waals surface area contributed by atoms with E-state index in [1.807, 2.05) is 0 Å². The molecule has 0 aromatic carbocycles. The van der Waals surface area contributed by atoms with Gasteiger partial charge in [-0.2, -0.15) is 0 Å². The highest BCUT2D eigenvalue weighted by atomic mass is 16.6. The molecule has 0 radical (unpaired) electrons. The second-order valence-electron chi connectivity index (χ2n) is 3.10. The van der Waals surface area contributed by atoms with Gasteiger partial charge in [-0.15, -0.1) is 0 Å². The van der Waals surface area contributed by atoms with Crippen molar-refractivity contribution >= 4 is 5.97 Å². The summed E-state index contributed by atoms with van der Waals surface area (Å²) in [5.41, 5.74) is 16.2. The molecule has 0 saturated carbocycles. The Hall–Kier alpha value is -2.51. The first-order valence-electron chi connectivity index (χ1n) is 4.93. The smallest absolute Gasteiger partial charge is 0.306 e. The minimum absolute atomic E-state index is 0.0571. The summed E-state index contributed by atoms with van der Waals surface area (Å²) in [6.07, 6.45) is -0.911. The van der Waals surface area contributed by atoms with Crippen molar-refractivity contribution in [1.82, 2.24) is 0 Å². The number of carbonyl (C=O) groups is 1. The Morgan fingerprint density at radius 3 is 2.33 bits per heavy atom. The van der Waals surface area contributed by atoms with Crippen LogP contribution in [0.25, 0.3) is 20.9 Å². The van der Waals surface area contributed by atoms with Gasteiger partial charge in [0.2, 0.25) is 6.54 Å². The minimum atomic E-state index is -0.847. The molecule has 0 bridgehead atoms. The molecule has 0 N–H and O–H groups in total. The fraction of sp³-hybridized carbons (Fsp3) is 0.857. The van der Waals surface area contributed by atoms with Crippen molar-refractivity contribution in [3.8, 4) is 0 Å². The minimum Gasteiger partial charge on any atom is -0.462 e. The van der Waals surface area contributed by atoms with E-state index < -0.39 is 17.0 Å². The average Bonchev–Trinajstić information content (AvgIpc) is 2.32. The molecule has 0 atom stereocenters. The maximum absolute atomic E-state index is 11.2. The van der Waals surface area contributed by atoms with Gasteiger partial charge in [0, 0.05) is 21.2 Å². The van der Waals surface area contributed by atoms with Crippen molar-refractivity contribution in [3.05, 3.63) is 31.0 Å². The molecule has 98 valence electrons. The molecule has 0 aromatic rings. The molecule has 0 spiro atoms. The largest absolute Gasteiger partial charge is 0.462 e. The maximum Gasteiger partial charge on any atom is 0.306 e. The first kappa shape index (κ1) is 15.5. The lowest BCUT2D eigenvalue weighted by Gasteiger charge is -2.12. The predicted octanol–water partition coefficient (Wildman–Crippen LogP) is 1.58. The molecule has 11 nitrogen and oxygen atoms in total. The number of carbonyl (C=O) groups excluding carboxylic acids is 1. The topological polar surface area (TPSA) is 167 Å². The Morgan fingerprint density at radius 2 is 1.89 bits per heavy atom. The zero-order valence-corrected chi connectivity index (χ0v) is 9.38. The Kier molecular flexibility index (Phi) is 8.35. The van der Waals surface area contributed by atoms with Crippen LogP contribution < -0.4 is 0 Å². The number of azide groups is 2. The van der Waals surface area contributed by atoms with Crippen LogP contribution in [0.3, 0.4) is 0 Å². The highest BCUT2D eigenvalue weighted by Gasteiger charge is 2.13. The molecule has 11 heteroatoms. The van der Waals surface area contributed by atoms with Gasteiger partial charge in [-0.05, 0) is 11.1 Å². The summed E-state index contributed by atoms with van der Waals surface area (Å²) in [7, 11) is 0. The van der Waals surface area contributed by atoms with E-state index in [-0.39, 0.29) is 32.5 Å². The van der Waals surface area contributed by atoms with Gasteiger partial charge in [0.15, 0.2) is 0 Å². The molecule has 0 aromatic heterocycles. The van der Waals surface area contributed by atoms with Crippen LogP contribution in [0.5, 0.6) is 0 Å². The van der Waals surface area contributed by atoms with Crippen LogP contribution in [0.2, 0.25) is 0 Å². The van der Waals surface area contributed by atoms with Crippen LogP contribution in [-0.4, -0.2) is 36.6 Å². The van der Waals surface area contributed by atoms with Crippen molar-refractivity contribution in [3.63, 3.8) is 0 Å². The monoisotopic (exact) mass is 257 g/mol. The molecular formula is C7H11N7O4. The van der Waals surface area contributed by atoms with Gasteiger partial charge in [-0.3, -0.25) is 14.9 Å². The average molecular weight is 257 g/mol. The second kappa shape index (κ2) is 9.70. The van der Waals surface area contributed by atoms with Gasteiger partial charge < -0.3 is 4.74 Å². The Labute approximate surface area is 101 Å². The predicted molar refractivity (Wildman–Crippen MR) is 59.0 cm³/mol.